The number of piperidine rings is 1. The van der Waals surface area contributed by atoms with E-state index >= 15 is 0 Å². The lowest BCUT2D eigenvalue weighted by atomic mass is 9.97. The van der Waals surface area contributed by atoms with Crippen molar-refractivity contribution in [3.8, 4) is 10.7 Å². The Hall–Kier alpha value is -2.61. The van der Waals surface area contributed by atoms with Gasteiger partial charge in [0.15, 0.2) is 11.6 Å². The largest absolute Gasteiger partial charge is 0.339 e. The molecule has 0 radical (unpaired) electrons. The van der Waals surface area contributed by atoms with Crippen LogP contribution >= 0.6 is 11.3 Å². The van der Waals surface area contributed by atoms with Crippen LogP contribution in [-0.4, -0.2) is 34.0 Å². The van der Waals surface area contributed by atoms with E-state index in [1.807, 2.05) is 17.5 Å². The lowest BCUT2D eigenvalue weighted by molar-refractivity contribution is 0.0690. The number of benzene rings is 1. The average molecular weight is 375 g/mol. The second-order valence-corrected chi connectivity index (χ2v) is 7.07. The van der Waals surface area contributed by atoms with Gasteiger partial charge in [-0.25, -0.2) is 8.78 Å². The zero-order chi connectivity index (χ0) is 18.1. The Kier molecular flexibility index (Phi) is 4.50. The van der Waals surface area contributed by atoms with E-state index in [-0.39, 0.29) is 11.5 Å². The molecule has 0 spiro atoms. The van der Waals surface area contributed by atoms with Crippen LogP contribution < -0.4 is 0 Å². The van der Waals surface area contributed by atoms with Crippen molar-refractivity contribution in [1.82, 2.24) is 15.0 Å². The molecule has 1 unspecified atom stereocenters. The van der Waals surface area contributed by atoms with Crippen LogP contribution in [0.2, 0.25) is 0 Å². The first kappa shape index (κ1) is 16.8. The van der Waals surface area contributed by atoms with Crippen LogP contribution in [0.15, 0.2) is 40.2 Å². The molecular weight excluding hydrogens is 360 g/mol. The maximum atomic E-state index is 13.9. The van der Waals surface area contributed by atoms with Gasteiger partial charge in [-0.05, 0) is 36.4 Å². The predicted molar refractivity (Wildman–Crippen MR) is 91.8 cm³/mol. The van der Waals surface area contributed by atoms with Crippen LogP contribution in [0.5, 0.6) is 0 Å². The van der Waals surface area contributed by atoms with Gasteiger partial charge in [0.05, 0.1) is 16.4 Å². The molecule has 5 nitrogen and oxygen atoms in total. The zero-order valence-corrected chi connectivity index (χ0v) is 14.5. The van der Waals surface area contributed by atoms with Crippen LogP contribution in [0, 0.1) is 11.6 Å². The monoisotopic (exact) mass is 375 g/mol. The average Bonchev–Trinajstić information content (AvgIpc) is 3.35. The molecule has 1 atom stereocenters. The Morgan fingerprint density at radius 3 is 2.96 bits per heavy atom. The Morgan fingerprint density at radius 1 is 1.27 bits per heavy atom. The molecule has 3 aromatic rings. The van der Waals surface area contributed by atoms with Gasteiger partial charge in [0.1, 0.15) is 0 Å². The number of carbonyl (C=O) groups excluding carboxylic acids is 1. The molecule has 3 heterocycles. The molecule has 8 heteroatoms. The number of rotatable bonds is 3. The van der Waals surface area contributed by atoms with E-state index in [2.05, 4.69) is 10.1 Å². The molecule has 2 aromatic heterocycles. The molecule has 1 aromatic carbocycles. The molecular formula is C18H15F2N3O2S. The Balaban J connectivity index is 1.52. The minimum Gasteiger partial charge on any atom is -0.339 e. The smallest absolute Gasteiger partial charge is 0.256 e. The molecule has 26 heavy (non-hydrogen) atoms. The van der Waals surface area contributed by atoms with Crippen LogP contribution in [0.4, 0.5) is 8.78 Å². The quantitative estimate of drug-likeness (QED) is 0.692. The summed E-state index contributed by atoms with van der Waals surface area (Å²) in [4.78, 5) is 19.5. The summed E-state index contributed by atoms with van der Waals surface area (Å²) in [5, 5.41) is 5.93. The van der Waals surface area contributed by atoms with Gasteiger partial charge in [0.25, 0.3) is 5.91 Å². The molecule has 0 saturated carbocycles. The van der Waals surface area contributed by atoms with Crippen LogP contribution in [0.3, 0.4) is 0 Å². The van der Waals surface area contributed by atoms with Crippen molar-refractivity contribution in [3.63, 3.8) is 0 Å². The number of likely N-dealkylation sites (tertiary alicyclic amines) is 1. The van der Waals surface area contributed by atoms with E-state index in [0.29, 0.717) is 24.8 Å². The highest BCUT2D eigenvalue weighted by Crippen LogP contribution is 2.29. The number of nitrogens with zero attached hydrogens (tertiary/aromatic N) is 3. The summed E-state index contributed by atoms with van der Waals surface area (Å²) in [5.41, 5.74) is -0.254. The molecule has 0 N–H and O–H groups in total. The van der Waals surface area contributed by atoms with E-state index < -0.39 is 17.5 Å². The zero-order valence-electron chi connectivity index (χ0n) is 13.7. The van der Waals surface area contributed by atoms with Crippen LogP contribution in [-0.2, 0) is 0 Å². The number of halogens is 2. The molecule has 4 rings (SSSR count). The second-order valence-electron chi connectivity index (χ2n) is 6.13. The summed E-state index contributed by atoms with van der Waals surface area (Å²) < 4.78 is 32.7. The Morgan fingerprint density at radius 2 is 2.15 bits per heavy atom. The number of hydrogen-bond acceptors (Lipinski definition) is 5. The van der Waals surface area contributed by atoms with Crippen molar-refractivity contribution in [1.29, 1.82) is 0 Å². The molecule has 0 aliphatic carbocycles. The molecule has 0 bridgehead atoms. The Bertz CT molecular complexity index is 926. The highest BCUT2D eigenvalue weighted by atomic mass is 32.1. The number of thiophene rings is 1. The third-order valence-corrected chi connectivity index (χ3v) is 5.29. The molecule has 1 aliphatic rings. The lowest BCUT2D eigenvalue weighted by Crippen LogP contribution is -2.39. The topological polar surface area (TPSA) is 59.2 Å². The lowest BCUT2D eigenvalue weighted by Gasteiger charge is -2.31. The first-order chi connectivity index (χ1) is 12.6. The van der Waals surface area contributed by atoms with Crippen molar-refractivity contribution in [2.45, 2.75) is 18.8 Å². The summed E-state index contributed by atoms with van der Waals surface area (Å²) in [6, 6.07) is 7.44. The van der Waals surface area contributed by atoms with E-state index in [0.717, 1.165) is 23.8 Å². The van der Waals surface area contributed by atoms with Crippen molar-refractivity contribution in [3.05, 3.63) is 58.8 Å². The van der Waals surface area contributed by atoms with Gasteiger partial charge in [-0.2, -0.15) is 4.98 Å². The van der Waals surface area contributed by atoms with Gasteiger partial charge >= 0.3 is 0 Å². The maximum Gasteiger partial charge on any atom is 0.256 e. The fraction of sp³-hybridized carbons (Fsp3) is 0.278. The van der Waals surface area contributed by atoms with Crippen LogP contribution in [0.1, 0.15) is 35.0 Å². The van der Waals surface area contributed by atoms with Gasteiger partial charge in [0.2, 0.25) is 11.7 Å². The van der Waals surface area contributed by atoms with Gasteiger partial charge in [-0.15, -0.1) is 11.3 Å². The van der Waals surface area contributed by atoms with Crippen molar-refractivity contribution in [2.75, 3.05) is 13.1 Å². The van der Waals surface area contributed by atoms with E-state index in [9.17, 15) is 13.6 Å². The summed E-state index contributed by atoms with van der Waals surface area (Å²) in [6.45, 7) is 0.818. The standard InChI is InChI=1S/C18H15F2N3O2S/c19-13-6-1-5-12(15(13)20)18(24)23-8-2-4-11(10-23)17-21-16(22-25-17)14-7-3-9-26-14/h1,3,5-7,9,11H,2,4,8,10H2. The molecule has 134 valence electrons. The molecule has 1 aliphatic heterocycles. The minimum atomic E-state index is -1.11. The summed E-state index contributed by atoms with van der Waals surface area (Å²) >= 11 is 1.51. The summed E-state index contributed by atoms with van der Waals surface area (Å²) in [6.07, 6.45) is 1.52. The SMILES string of the molecule is O=C(c1cccc(F)c1F)N1CCCC(c2nc(-c3cccs3)no2)C1. The number of carbonyl (C=O) groups is 1. The van der Waals surface area contributed by atoms with Crippen molar-refractivity contribution >= 4 is 17.2 Å². The van der Waals surface area contributed by atoms with E-state index in [1.165, 1.54) is 28.4 Å². The minimum absolute atomic E-state index is 0.120. The first-order valence-electron chi connectivity index (χ1n) is 8.24. The highest BCUT2D eigenvalue weighted by Gasteiger charge is 2.30. The third-order valence-electron chi connectivity index (χ3n) is 4.42. The molecule has 1 fully saturated rings. The highest BCUT2D eigenvalue weighted by molar-refractivity contribution is 7.13. The predicted octanol–water partition coefficient (Wildman–Crippen LogP) is 4.10. The normalized spacial score (nSPS) is 17.5. The summed E-state index contributed by atoms with van der Waals surface area (Å²) in [5.74, 6) is -1.80. The van der Waals surface area contributed by atoms with E-state index in [4.69, 9.17) is 4.52 Å². The fourth-order valence-electron chi connectivity index (χ4n) is 3.11. The number of aromatic nitrogens is 2. The van der Waals surface area contributed by atoms with Gasteiger partial charge in [-0.3, -0.25) is 4.79 Å². The number of amides is 1. The maximum absolute atomic E-state index is 13.9. The summed E-state index contributed by atoms with van der Waals surface area (Å²) in [7, 11) is 0. The molecule has 1 saturated heterocycles. The second kappa shape index (κ2) is 6.95. The molecule has 1 amide bonds. The van der Waals surface area contributed by atoms with E-state index in [1.54, 1.807) is 0 Å². The Labute approximate surface area is 152 Å². The van der Waals surface area contributed by atoms with Gasteiger partial charge < -0.3 is 9.42 Å². The van der Waals surface area contributed by atoms with Crippen LogP contribution in [0.25, 0.3) is 10.7 Å². The van der Waals surface area contributed by atoms with Gasteiger partial charge in [-0.1, -0.05) is 17.3 Å². The van der Waals surface area contributed by atoms with Crippen molar-refractivity contribution in [2.24, 2.45) is 0 Å². The van der Waals surface area contributed by atoms with Gasteiger partial charge in [0, 0.05) is 13.1 Å². The number of hydrogen-bond donors (Lipinski definition) is 0. The first-order valence-corrected chi connectivity index (χ1v) is 9.12. The third kappa shape index (κ3) is 3.12. The fourth-order valence-corrected chi connectivity index (χ4v) is 3.76. The van der Waals surface area contributed by atoms with Crippen molar-refractivity contribution < 1.29 is 18.1 Å².